The molecule has 0 fully saturated rings. The van der Waals surface area contributed by atoms with Crippen molar-refractivity contribution in [3.8, 4) is 10.6 Å². The van der Waals surface area contributed by atoms with Gasteiger partial charge in [-0.1, -0.05) is 41.9 Å². The highest BCUT2D eigenvalue weighted by molar-refractivity contribution is 7.15. The van der Waals surface area contributed by atoms with Crippen molar-refractivity contribution in [2.24, 2.45) is 0 Å². The van der Waals surface area contributed by atoms with Crippen LogP contribution in [0.5, 0.6) is 0 Å². The Labute approximate surface area is 155 Å². The Morgan fingerprint density at radius 3 is 2.72 bits per heavy atom. The highest BCUT2D eigenvalue weighted by Crippen LogP contribution is 2.32. The van der Waals surface area contributed by atoms with Gasteiger partial charge < -0.3 is 10.6 Å². The summed E-state index contributed by atoms with van der Waals surface area (Å²) < 4.78 is 0. The molecular weight excluding hydrogens is 354 g/mol. The Kier molecular flexibility index (Phi) is 5.36. The van der Waals surface area contributed by atoms with Gasteiger partial charge in [-0.2, -0.15) is 0 Å². The van der Waals surface area contributed by atoms with Crippen molar-refractivity contribution >= 4 is 34.7 Å². The van der Waals surface area contributed by atoms with Gasteiger partial charge >= 0.3 is 6.03 Å². The number of hydrogen-bond donors (Lipinski definition) is 2. The smallest absolute Gasteiger partial charge is 0.319 e. The average Bonchev–Trinajstić information content (AvgIpc) is 2.94. The van der Waals surface area contributed by atoms with Crippen LogP contribution >= 0.6 is 22.9 Å². The van der Waals surface area contributed by atoms with Crippen LogP contribution in [-0.2, 0) is 6.54 Å². The SMILES string of the molecule is Cc1cccc(NC(=O)NCc2sc(-c3ccccc3Cl)nc2C)c1. The molecule has 128 valence electrons. The molecule has 2 aromatic carbocycles. The molecule has 25 heavy (non-hydrogen) atoms. The second kappa shape index (κ2) is 7.68. The lowest BCUT2D eigenvalue weighted by atomic mass is 10.2. The monoisotopic (exact) mass is 371 g/mol. The van der Waals surface area contributed by atoms with Gasteiger partial charge in [-0.3, -0.25) is 0 Å². The highest BCUT2D eigenvalue weighted by Gasteiger charge is 2.12. The molecule has 0 radical (unpaired) electrons. The van der Waals surface area contributed by atoms with Gasteiger partial charge in [-0.25, -0.2) is 9.78 Å². The van der Waals surface area contributed by atoms with Crippen molar-refractivity contribution < 1.29 is 4.79 Å². The number of hydrogen-bond acceptors (Lipinski definition) is 3. The Morgan fingerprint density at radius 2 is 1.96 bits per heavy atom. The van der Waals surface area contributed by atoms with Gasteiger partial charge in [0.2, 0.25) is 0 Å². The fourth-order valence-electron chi connectivity index (χ4n) is 2.40. The minimum Gasteiger partial charge on any atom is -0.333 e. The van der Waals surface area contributed by atoms with Gasteiger partial charge in [0.15, 0.2) is 0 Å². The predicted octanol–water partition coefficient (Wildman–Crippen LogP) is 5.40. The van der Waals surface area contributed by atoms with Crippen molar-refractivity contribution in [3.05, 3.63) is 69.7 Å². The van der Waals surface area contributed by atoms with Crippen molar-refractivity contribution in [1.29, 1.82) is 0 Å². The summed E-state index contributed by atoms with van der Waals surface area (Å²) in [7, 11) is 0. The van der Waals surface area contributed by atoms with Gasteiger partial charge in [0.1, 0.15) is 5.01 Å². The van der Waals surface area contributed by atoms with E-state index in [0.29, 0.717) is 11.6 Å². The summed E-state index contributed by atoms with van der Waals surface area (Å²) in [6.45, 7) is 4.35. The first-order valence-corrected chi connectivity index (χ1v) is 9.05. The van der Waals surface area contributed by atoms with Crippen molar-refractivity contribution in [2.75, 3.05) is 5.32 Å². The number of halogens is 1. The molecule has 0 saturated heterocycles. The molecule has 1 aromatic heterocycles. The van der Waals surface area contributed by atoms with Crippen LogP contribution in [-0.4, -0.2) is 11.0 Å². The van der Waals surface area contributed by atoms with Crippen LogP contribution in [0.15, 0.2) is 48.5 Å². The van der Waals surface area contributed by atoms with E-state index in [2.05, 4.69) is 15.6 Å². The quantitative estimate of drug-likeness (QED) is 0.644. The maximum Gasteiger partial charge on any atom is 0.319 e. The number of thiazole rings is 1. The summed E-state index contributed by atoms with van der Waals surface area (Å²) in [5, 5.41) is 7.24. The molecule has 0 saturated carbocycles. The number of rotatable bonds is 4. The lowest BCUT2D eigenvalue weighted by Crippen LogP contribution is -2.28. The molecule has 3 rings (SSSR count). The van der Waals surface area contributed by atoms with Gasteiger partial charge in [0.05, 0.1) is 17.3 Å². The minimum atomic E-state index is -0.238. The third-order valence-electron chi connectivity index (χ3n) is 3.68. The second-order valence-electron chi connectivity index (χ2n) is 5.68. The van der Waals surface area contributed by atoms with Gasteiger partial charge in [-0.05, 0) is 37.6 Å². The minimum absolute atomic E-state index is 0.238. The molecule has 0 bridgehead atoms. The standard InChI is InChI=1S/C19H18ClN3OS/c1-12-6-5-7-14(10-12)23-19(24)21-11-17-13(2)22-18(25-17)15-8-3-4-9-16(15)20/h3-10H,11H2,1-2H3,(H2,21,23,24). The molecule has 0 spiro atoms. The zero-order chi connectivity index (χ0) is 17.8. The first kappa shape index (κ1) is 17.5. The van der Waals surface area contributed by atoms with E-state index < -0.39 is 0 Å². The normalized spacial score (nSPS) is 10.5. The van der Waals surface area contributed by atoms with E-state index in [1.807, 2.05) is 62.4 Å². The van der Waals surface area contributed by atoms with Crippen LogP contribution in [0.1, 0.15) is 16.1 Å². The number of benzene rings is 2. The van der Waals surface area contributed by atoms with Crippen LogP contribution in [0.4, 0.5) is 10.5 Å². The van der Waals surface area contributed by atoms with E-state index in [-0.39, 0.29) is 6.03 Å². The Bertz CT molecular complexity index is 907. The molecule has 0 aliphatic carbocycles. The van der Waals surface area contributed by atoms with Crippen molar-refractivity contribution in [1.82, 2.24) is 10.3 Å². The average molecular weight is 372 g/mol. The van der Waals surface area contributed by atoms with E-state index in [4.69, 9.17) is 11.6 Å². The van der Waals surface area contributed by atoms with E-state index in [0.717, 1.165) is 32.4 Å². The van der Waals surface area contributed by atoms with Gasteiger partial charge in [0, 0.05) is 16.1 Å². The van der Waals surface area contributed by atoms with Crippen LogP contribution in [0.25, 0.3) is 10.6 Å². The second-order valence-corrected chi connectivity index (χ2v) is 7.18. The number of aryl methyl sites for hydroxylation is 2. The summed E-state index contributed by atoms with van der Waals surface area (Å²) in [6, 6.07) is 15.1. The fraction of sp³-hybridized carbons (Fsp3) is 0.158. The van der Waals surface area contributed by atoms with E-state index in [1.165, 1.54) is 11.3 Å². The number of carbonyl (C=O) groups excluding carboxylic acids is 1. The molecule has 3 aromatic rings. The number of aromatic nitrogens is 1. The van der Waals surface area contributed by atoms with E-state index in [1.54, 1.807) is 0 Å². The number of carbonyl (C=O) groups is 1. The summed E-state index contributed by atoms with van der Waals surface area (Å²) >= 11 is 7.78. The third kappa shape index (κ3) is 4.38. The van der Waals surface area contributed by atoms with Gasteiger partial charge in [-0.15, -0.1) is 11.3 Å². The van der Waals surface area contributed by atoms with Crippen LogP contribution < -0.4 is 10.6 Å². The lowest BCUT2D eigenvalue weighted by Gasteiger charge is -2.07. The number of urea groups is 1. The van der Waals surface area contributed by atoms with Crippen molar-refractivity contribution in [2.45, 2.75) is 20.4 Å². The fourth-order valence-corrected chi connectivity index (χ4v) is 3.72. The summed E-state index contributed by atoms with van der Waals surface area (Å²) in [5.74, 6) is 0. The Balaban J connectivity index is 1.66. The molecule has 2 amide bonds. The van der Waals surface area contributed by atoms with E-state index >= 15 is 0 Å². The number of amides is 2. The summed E-state index contributed by atoms with van der Waals surface area (Å²) in [6.07, 6.45) is 0. The predicted molar refractivity (Wildman–Crippen MR) is 104 cm³/mol. The number of nitrogens with one attached hydrogen (secondary N) is 2. The maximum atomic E-state index is 12.1. The lowest BCUT2D eigenvalue weighted by molar-refractivity contribution is 0.252. The molecule has 0 atom stereocenters. The van der Waals surface area contributed by atoms with Crippen LogP contribution in [0.2, 0.25) is 5.02 Å². The summed E-state index contributed by atoms with van der Waals surface area (Å²) in [4.78, 5) is 17.7. The number of nitrogens with zero attached hydrogens (tertiary/aromatic N) is 1. The third-order valence-corrected chi connectivity index (χ3v) is 5.20. The molecule has 0 unspecified atom stereocenters. The Hall–Kier alpha value is -2.37. The molecule has 6 heteroatoms. The molecule has 0 aliphatic rings. The zero-order valence-electron chi connectivity index (χ0n) is 14.0. The first-order valence-electron chi connectivity index (χ1n) is 7.85. The first-order chi connectivity index (χ1) is 12.0. The zero-order valence-corrected chi connectivity index (χ0v) is 15.5. The molecular formula is C19H18ClN3OS. The summed E-state index contributed by atoms with van der Waals surface area (Å²) in [5.41, 5.74) is 3.68. The molecule has 1 heterocycles. The van der Waals surface area contributed by atoms with Gasteiger partial charge in [0.25, 0.3) is 0 Å². The largest absolute Gasteiger partial charge is 0.333 e. The highest BCUT2D eigenvalue weighted by atomic mass is 35.5. The number of anilines is 1. The Morgan fingerprint density at radius 1 is 1.16 bits per heavy atom. The van der Waals surface area contributed by atoms with Crippen LogP contribution in [0.3, 0.4) is 0 Å². The molecule has 2 N–H and O–H groups in total. The molecule has 4 nitrogen and oxygen atoms in total. The van der Waals surface area contributed by atoms with E-state index in [9.17, 15) is 4.79 Å². The van der Waals surface area contributed by atoms with Crippen molar-refractivity contribution in [3.63, 3.8) is 0 Å². The maximum absolute atomic E-state index is 12.1. The molecule has 0 aliphatic heterocycles. The topological polar surface area (TPSA) is 54.0 Å². The van der Waals surface area contributed by atoms with Crippen LogP contribution in [0, 0.1) is 13.8 Å².